The fourth-order valence-corrected chi connectivity index (χ4v) is 2.01. The number of terminal acetylenes is 1. The highest BCUT2D eigenvalue weighted by Gasteiger charge is 2.06. The Morgan fingerprint density at radius 2 is 2.05 bits per heavy atom. The molecular weight excluding hydrogens is 284 g/mol. The molecule has 0 aliphatic carbocycles. The molecule has 0 saturated heterocycles. The Bertz CT molecular complexity index is 704. The predicted octanol–water partition coefficient (Wildman–Crippen LogP) is 3.68. The van der Waals surface area contributed by atoms with E-state index in [9.17, 15) is 4.79 Å². The number of hydrogen-bond donors (Lipinski definition) is 2. The van der Waals surface area contributed by atoms with Crippen molar-refractivity contribution in [2.75, 3.05) is 17.2 Å². The van der Waals surface area contributed by atoms with Gasteiger partial charge < -0.3 is 10.6 Å². The molecule has 106 valence electrons. The smallest absolute Gasteiger partial charge is 0.243 e. The molecule has 3 nitrogen and oxygen atoms in total. The highest BCUT2D eigenvalue weighted by Crippen LogP contribution is 2.22. The summed E-state index contributed by atoms with van der Waals surface area (Å²) in [5, 5.41) is 6.48. The minimum Gasteiger partial charge on any atom is -0.376 e. The zero-order valence-corrected chi connectivity index (χ0v) is 12.4. The van der Waals surface area contributed by atoms with Gasteiger partial charge in [0.05, 0.1) is 6.54 Å². The van der Waals surface area contributed by atoms with E-state index in [0.29, 0.717) is 10.7 Å². The maximum absolute atomic E-state index is 11.9. The summed E-state index contributed by atoms with van der Waals surface area (Å²) in [5.74, 6) is 2.41. The van der Waals surface area contributed by atoms with Crippen LogP contribution in [0.4, 0.5) is 11.4 Å². The van der Waals surface area contributed by atoms with Gasteiger partial charge in [-0.1, -0.05) is 29.7 Å². The number of rotatable bonds is 4. The van der Waals surface area contributed by atoms with Crippen molar-refractivity contribution in [2.24, 2.45) is 0 Å². The molecule has 0 bridgehead atoms. The van der Waals surface area contributed by atoms with Crippen molar-refractivity contribution in [3.8, 4) is 12.3 Å². The second kappa shape index (κ2) is 6.83. The summed E-state index contributed by atoms with van der Waals surface area (Å²) in [6.45, 7) is 2.02. The lowest BCUT2D eigenvalue weighted by atomic mass is 10.2. The van der Waals surface area contributed by atoms with Crippen molar-refractivity contribution in [2.45, 2.75) is 6.92 Å². The van der Waals surface area contributed by atoms with Crippen LogP contribution >= 0.6 is 11.6 Å². The Morgan fingerprint density at radius 1 is 1.29 bits per heavy atom. The van der Waals surface area contributed by atoms with Gasteiger partial charge in [0.15, 0.2) is 0 Å². The lowest BCUT2D eigenvalue weighted by Gasteiger charge is -2.11. The fourth-order valence-electron chi connectivity index (χ4n) is 1.84. The van der Waals surface area contributed by atoms with E-state index < -0.39 is 0 Å². The Labute approximate surface area is 129 Å². The zero-order chi connectivity index (χ0) is 15.2. The van der Waals surface area contributed by atoms with Crippen LogP contribution in [0, 0.1) is 19.3 Å². The van der Waals surface area contributed by atoms with Crippen LogP contribution in [0.2, 0.25) is 5.02 Å². The van der Waals surface area contributed by atoms with E-state index in [1.54, 1.807) is 12.1 Å². The Morgan fingerprint density at radius 3 is 2.81 bits per heavy atom. The molecule has 0 saturated carbocycles. The standard InChI is InChI=1S/C17H15ClN2O/c1-3-13-6-4-7-14(10-13)19-11-17(21)20-16-9-5-8-15(18)12(16)2/h1,4-10,19H,11H2,2H3,(H,20,21). The number of carbonyl (C=O) groups is 1. The van der Waals surface area contributed by atoms with Gasteiger partial charge in [-0.2, -0.15) is 0 Å². The molecule has 0 fully saturated rings. The van der Waals surface area contributed by atoms with Crippen LogP contribution in [0.5, 0.6) is 0 Å². The van der Waals surface area contributed by atoms with Crippen LogP contribution in [0.1, 0.15) is 11.1 Å². The summed E-state index contributed by atoms with van der Waals surface area (Å²) in [7, 11) is 0. The van der Waals surface area contributed by atoms with Gasteiger partial charge in [-0.15, -0.1) is 6.42 Å². The highest BCUT2D eigenvalue weighted by atomic mass is 35.5. The minimum absolute atomic E-state index is 0.147. The molecule has 4 heteroatoms. The molecule has 1 amide bonds. The van der Waals surface area contributed by atoms with Crippen molar-refractivity contribution in [1.82, 2.24) is 0 Å². The average Bonchev–Trinajstić information content (AvgIpc) is 2.50. The second-order valence-corrected chi connectivity index (χ2v) is 4.95. The van der Waals surface area contributed by atoms with E-state index in [4.69, 9.17) is 18.0 Å². The molecule has 2 aromatic carbocycles. The fraction of sp³-hybridized carbons (Fsp3) is 0.118. The van der Waals surface area contributed by atoms with Crippen LogP contribution in [0.15, 0.2) is 42.5 Å². The summed E-state index contributed by atoms with van der Waals surface area (Å²) < 4.78 is 0. The van der Waals surface area contributed by atoms with Crippen molar-refractivity contribution in [1.29, 1.82) is 0 Å². The molecule has 0 aromatic heterocycles. The first-order valence-electron chi connectivity index (χ1n) is 6.45. The maximum Gasteiger partial charge on any atom is 0.243 e. The molecule has 2 rings (SSSR count). The van der Waals surface area contributed by atoms with Crippen LogP contribution in [0.3, 0.4) is 0 Å². The summed E-state index contributed by atoms with van der Waals surface area (Å²) in [4.78, 5) is 11.9. The molecule has 2 aromatic rings. The van der Waals surface area contributed by atoms with Crippen molar-refractivity contribution >= 4 is 28.9 Å². The van der Waals surface area contributed by atoms with Gasteiger partial charge in [0, 0.05) is 22.0 Å². The van der Waals surface area contributed by atoms with Crippen molar-refractivity contribution in [3.05, 3.63) is 58.6 Å². The maximum atomic E-state index is 11.9. The quantitative estimate of drug-likeness (QED) is 0.846. The molecule has 0 atom stereocenters. The van der Waals surface area contributed by atoms with E-state index in [1.165, 1.54) is 0 Å². The van der Waals surface area contributed by atoms with E-state index >= 15 is 0 Å². The number of anilines is 2. The molecule has 21 heavy (non-hydrogen) atoms. The van der Waals surface area contributed by atoms with E-state index in [-0.39, 0.29) is 12.5 Å². The number of halogens is 1. The van der Waals surface area contributed by atoms with Crippen LogP contribution < -0.4 is 10.6 Å². The van der Waals surface area contributed by atoms with Crippen LogP contribution in [-0.4, -0.2) is 12.5 Å². The monoisotopic (exact) mass is 298 g/mol. The molecule has 0 aliphatic rings. The number of amides is 1. The van der Waals surface area contributed by atoms with Crippen molar-refractivity contribution in [3.63, 3.8) is 0 Å². The summed E-state index contributed by atoms with van der Waals surface area (Å²) in [6, 6.07) is 12.8. The largest absolute Gasteiger partial charge is 0.376 e. The zero-order valence-electron chi connectivity index (χ0n) is 11.6. The lowest BCUT2D eigenvalue weighted by Crippen LogP contribution is -2.22. The van der Waals surface area contributed by atoms with E-state index in [2.05, 4.69) is 16.6 Å². The van der Waals surface area contributed by atoms with Gasteiger partial charge in [0.1, 0.15) is 0 Å². The van der Waals surface area contributed by atoms with E-state index in [0.717, 1.165) is 16.8 Å². The van der Waals surface area contributed by atoms with Gasteiger partial charge in [-0.25, -0.2) is 0 Å². The van der Waals surface area contributed by atoms with Gasteiger partial charge >= 0.3 is 0 Å². The third-order valence-electron chi connectivity index (χ3n) is 3.02. The molecule has 0 radical (unpaired) electrons. The summed E-state index contributed by atoms with van der Waals surface area (Å²) in [6.07, 6.45) is 5.34. The van der Waals surface area contributed by atoms with Gasteiger partial charge in [0.2, 0.25) is 5.91 Å². The Balaban J connectivity index is 1.96. The number of hydrogen-bond acceptors (Lipinski definition) is 2. The van der Waals surface area contributed by atoms with Crippen molar-refractivity contribution < 1.29 is 4.79 Å². The van der Waals surface area contributed by atoms with Gasteiger partial charge in [-0.3, -0.25) is 4.79 Å². The molecule has 0 heterocycles. The SMILES string of the molecule is C#Cc1cccc(NCC(=O)Nc2cccc(Cl)c2C)c1. The van der Waals surface area contributed by atoms with Crippen LogP contribution in [-0.2, 0) is 4.79 Å². The molecule has 0 aliphatic heterocycles. The van der Waals surface area contributed by atoms with Gasteiger partial charge in [0.25, 0.3) is 0 Å². The summed E-state index contributed by atoms with van der Waals surface area (Å²) >= 11 is 6.02. The summed E-state index contributed by atoms with van der Waals surface area (Å²) in [5.41, 5.74) is 3.14. The number of carbonyl (C=O) groups excluding carboxylic acids is 1. The van der Waals surface area contributed by atoms with Crippen LogP contribution in [0.25, 0.3) is 0 Å². The van der Waals surface area contributed by atoms with Gasteiger partial charge in [-0.05, 0) is 42.8 Å². The molecular formula is C17H15ClN2O. The predicted molar refractivity (Wildman–Crippen MR) is 87.7 cm³/mol. The highest BCUT2D eigenvalue weighted by molar-refractivity contribution is 6.31. The minimum atomic E-state index is -0.147. The first-order valence-corrected chi connectivity index (χ1v) is 6.83. The number of benzene rings is 2. The first-order chi connectivity index (χ1) is 10.1. The normalized spacial score (nSPS) is 9.76. The first kappa shape index (κ1) is 15.0. The molecule has 0 spiro atoms. The third kappa shape index (κ3) is 4.01. The number of nitrogens with one attached hydrogen (secondary N) is 2. The van der Waals surface area contributed by atoms with E-state index in [1.807, 2.05) is 37.3 Å². The molecule has 0 unspecified atom stereocenters. The lowest BCUT2D eigenvalue weighted by molar-refractivity contribution is -0.114. The second-order valence-electron chi connectivity index (χ2n) is 4.54. The Hall–Kier alpha value is -2.44. The topological polar surface area (TPSA) is 41.1 Å². The Kier molecular flexibility index (Phi) is 4.86. The average molecular weight is 299 g/mol. The third-order valence-corrected chi connectivity index (χ3v) is 3.43. The molecule has 2 N–H and O–H groups in total.